The maximum absolute atomic E-state index is 12.2. The predicted molar refractivity (Wildman–Crippen MR) is 63.3 cm³/mol. The average molecular weight is 271 g/mol. The fraction of sp³-hybridized carbons (Fsp3) is 0.385. The quantitative estimate of drug-likeness (QED) is 0.776. The molecule has 0 aromatic heterocycles. The lowest BCUT2D eigenvalue weighted by molar-refractivity contribution is -0.133. The Balaban J connectivity index is 2.39. The van der Waals surface area contributed by atoms with Crippen LogP contribution >= 0.6 is 0 Å². The summed E-state index contributed by atoms with van der Waals surface area (Å²) in [4.78, 5) is 24.5. The molecule has 0 atom stereocenters. The van der Waals surface area contributed by atoms with E-state index in [1.54, 1.807) is 26.0 Å². The normalized spacial score (nSPS) is 15.1. The molecule has 0 saturated carbocycles. The van der Waals surface area contributed by atoms with Crippen molar-refractivity contribution < 1.29 is 22.8 Å². The number of nitrogens with zero attached hydrogens (tertiary/aromatic N) is 1. The summed E-state index contributed by atoms with van der Waals surface area (Å²) in [6.45, 7) is 2.91. The van der Waals surface area contributed by atoms with E-state index in [1.807, 2.05) is 0 Å². The minimum absolute atomic E-state index is 0.220. The van der Waals surface area contributed by atoms with Crippen molar-refractivity contribution in [1.29, 1.82) is 0 Å². The third-order valence-corrected chi connectivity index (χ3v) is 3.04. The van der Waals surface area contributed by atoms with Crippen LogP contribution in [0.4, 0.5) is 18.9 Å². The zero-order valence-corrected chi connectivity index (χ0v) is 10.5. The number of Topliss-reactive ketones (excluding diaryl/α,β-unsaturated/α-hetero) is 1. The number of fused-ring (bicyclic) bond motifs is 1. The first-order chi connectivity index (χ1) is 8.70. The van der Waals surface area contributed by atoms with E-state index in [1.165, 1.54) is 0 Å². The SMILES string of the molecule is Cc1cc(C)c2c(c1)N(CCC(F)(F)F)C(=O)C2=O. The second-order valence-corrected chi connectivity index (χ2v) is 4.63. The van der Waals surface area contributed by atoms with E-state index in [9.17, 15) is 22.8 Å². The number of carbonyl (C=O) groups excluding carboxylic acids is 2. The van der Waals surface area contributed by atoms with Crippen LogP contribution < -0.4 is 4.90 Å². The monoisotopic (exact) mass is 271 g/mol. The van der Waals surface area contributed by atoms with Gasteiger partial charge in [-0.05, 0) is 31.0 Å². The Bertz CT molecular complexity index is 564. The van der Waals surface area contributed by atoms with E-state index in [0.717, 1.165) is 10.5 Å². The van der Waals surface area contributed by atoms with E-state index in [4.69, 9.17) is 0 Å². The van der Waals surface area contributed by atoms with Crippen molar-refractivity contribution in [3.63, 3.8) is 0 Å². The van der Waals surface area contributed by atoms with Gasteiger partial charge in [-0.1, -0.05) is 6.07 Å². The molecular weight excluding hydrogens is 259 g/mol. The van der Waals surface area contributed by atoms with Crippen molar-refractivity contribution in [2.45, 2.75) is 26.4 Å². The summed E-state index contributed by atoms with van der Waals surface area (Å²) in [5.74, 6) is -1.61. The topological polar surface area (TPSA) is 37.4 Å². The number of carbonyl (C=O) groups is 2. The number of aryl methyl sites for hydroxylation is 2. The second-order valence-electron chi connectivity index (χ2n) is 4.63. The molecule has 0 aliphatic carbocycles. The summed E-state index contributed by atoms with van der Waals surface area (Å²) >= 11 is 0. The number of ketones is 1. The number of amides is 1. The van der Waals surface area contributed by atoms with Gasteiger partial charge in [0.05, 0.1) is 17.7 Å². The molecule has 102 valence electrons. The van der Waals surface area contributed by atoms with Gasteiger partial charge >= 0.3 is 6.18 Å². The number of rotatable bonds is 2. The first kappa shape index (κ1) is 13.6. The van der Waals surface area contributed by atoms with Crippen molar-refractivity contribution in [3.05, 3.63) is 28.8 Å². The summed E-state index contributed by atoms with van der Waals surface area (Å²) in [5.41, 5.74) is 1.92. The molecule has 0 unspecified atom stereocenters. The van der Waals surface area contributed by atoms with Crippen molar-refractivity contribution in [2.24, 2.45) is 0 Å². The first-order valence-electron chi connectivity index (χ1n) is 5.75. The summed E-state index contributed by atoms with van der Waals surface area (Å²) in [7, 11) is 0. The fourth-order valence-electron chi connectivity index (χ4n) is 2.25. The van der Waals surface area contributed by atoms with Gasteiger partial charge in [-0.15, -0.1) is 0 Å². The summed E-state index contributed by atoms with van der Waals surface area (Å²) < 4.78 is 36.7. The molecule has 1 aromatic carbocycles. The minimum atomic E-state index is -4.36. The molecule has 1 heterocycles. The number of benzene rings is 1. The van der Waals surface area contributed by atoms with Crippen molar-refractivity contribution in [1.82, 2.24) is 0 Å². The highest BCUT2D eigenvalue weighted by Gasteiger charge is 2.39. The lowest BCUT2D eigenvalue weighted by atomic mass is 10.0. The molecule has 0 N–H and O–H groups in total. The number of hydrogen-bond acceptors (Lipinski definition) is 2. The zero-order valence-electron chi connectivity index (χ0n) is 10.5. The maximum Gasteiger partial charge on any atom is 0.390 e. The molecule has 6 heteroatoms. The highest BCUT2D eigenvalue weighted by molar-refractivity contribution is 6.52. The number of halogens is 3. The van der Waals surface area contributed by atoms with Gasteiger partial charge in [-0.2, -0.15) is 13.2 Å². The summed E-state index contributed by atoms with van der Waals surface area (Å²) in [6.07, 6.45) is -5.48. The molecule has 1 aromatic rings. The van der Waals surface area contributed by atoms with Crippen molar-refractivity contribution in [3.8, 4) is 0 Å². The molecule has 1 amide bonds. The standard InChI is InChI=1S/C13H12F3NO2/c1-7-5-8(2)10-9(6-7)17(12(19)11(10)18)4-3-13(14,15)16/h5-6H,3-4H2,1-2H3. The van der Waals surface area contributed by atoms with Crippen LogP contribution in [0.2, 0.25) is 0 Å². The number of hydrogen-bond donors (Lipinski definition) is 0. The summed E-state index contributed by atoms with van der Waals surface area (Å²) in [5, 5.41) is 0. The van der Waals surface area contributed by atoms with Crippen LogP contribution in [0.3, 0.4) is 0 Å². The Labute approximate surface area is 108 Å². The van der Waals surface area contributed by atoms with E-state index in [-0.39, 0.29) is 11.3 Å². The molecule has 2 rings (SSSR count). The molecule has 1 aliphatic rings. The van der Waals surface area contributed by atoms with Crippen LogP contribution in [0.1, 0.15) is 27.9 Å². The maximum atomic E-state index is 12.2. The zero-order chi connectivity index (χ0) is 14.4. The second kappa shape index (κ2) is 4.36. The van der Waals surface area contributed by atoms with Gasteiger partial charge in [-0.25, -0.2) is 0 Å². The Hall–Kier alpha value is -1.85. The fourth-order valence-corrected chi connectivity index (χ4v) is 2.25. The average Bonchev–Trinajstić information content (AvgIpc) is 2.48. The Morgan fingerprint density at radius 1 is 1.16 bits per heavy atom. The van der Waals surface area contributed by atoms with Gasteiger partial charge in [0.15, 0.2) is 0 Å². The van der Waals surface area contributed by atoms with Gasteiger partial charge in [0.25, 0.3) is 11.7 Å². The van der Waals surface area contributed by atoms with Crippen LogP contribution in [0, 0.1) is 13.8 Å². The molecule has 3 nitrogen and oxygen atoms in total. The number of alkyl halides is 3. The molecule has 0 radical (unpaired) electrons. The molecule has 0 bridgehead atoms. The summed E-state index contributed by atoms with van der Waals surface area (Å²) in [6, 6.07) is 3.30. The molecule has 0 fully saturated rings. The Morgan fingerprint density at radius 3 is 2.37 bits per heavy atom. The van der Waals surface area contributed by atoms with Gasteiger partial charge in [0, 0.05) is 6.54 Å². The van der Waals surface area contributed by atoms with E-state index in [2.05, 4.69) is 0 Å². The predicted octanol–water partition coefficient (Wildman–Crippen LogP) is 2.79. The molecule has 0 saturated heterocycles. The molecule has 1 aliphatic heterocycles. The first-order valence-corrected chi connectivity index (χ1v) is 5.75. The van der Waals surface area contributed by atoms with Crippen molar-refractivity contribution >= 4 is 17.4 Å². The highest BCUT2D eigenvalue weighted by Crippen LogP contribution is 2.33. The van der Waals surface area contributed by atoms with Gasteiger partial charge in [-0.3, -0.25) is 9.59 Å². The third-order valence-electron chi connectivity index (χ3n) is 3.04. The van der Waals surface area contributed by atoms with Crippen LogP contribution in [0.25, 0.3) is 0 Å². The van der Waals surface area contributed by atoms with Crippen LogP contribution in [0.15, 0.2) is 12.1 Å². The molecule has 19 heavy (non-hydrogen) atoms. The van der Waals surface area contributed by atoms with Gasteiger partial charge < -0.3 is 4.90 Å². The van der Waals surface area contributed by atoms with Crippen LogP contribution in [-0.2, 0) is 4.79 Å². The van der Waals surface area contributed by atoms with Crippen LogP contribution in [-0.4, -0.2) is 24.4 Å². The van der Waals surface area contributed by atoms with E-state index in [0.29, 0.717) is 5.56 Å². The van der Waals surface area contributed by atoms with Crippen molar-refractivity contribution in [2.75, 3.05) is 11.4 Å². The van der Waals surface area contributed by atoms with Gasteiger partial charge in [0.1, 0.15) is 0 Å². The lowest BCUT2D eigenvalue weighted by Crippen LogP contribution is -2.33. The largest absolute Gasteiger partial charge is 0.390 e. The Morgan fingerprint density at radius 2 is 1.79 bits per heavy atom. The molecular formula is C13H12F3NO2. The lowest BCUT2D eigenvalue weighted by Gasteiger charge is -2.18. The number of anilines is 1. The Kier molecular flexibility index (Phi) is 3.12. The van der Waals surface area contributed by atoms with E-state index < -0.39 is 30.8 Å². The van der Waals surface area contributed by atoms with E-state index >= 15 is 0 Å². The smallest absolute Gasteiger partial charge is 0.304 e. The van der Waals surface area contributed by atoms with Gasteiger partial charge in [0.2, 0.25) is 0 Å². The minimum Gasteiger partial charge on any atom is -0.304 e. The third kappa shape index (κ3) is 2.47. The van der Waals surface area contributed by atoms with Crippen LogP contribution in [0.5, 0.6) is 0 Å². The molecule has 0 spiro atoms. The highest BCUT2D eigenvalue weighted by atomic mass is 19.4.